The Hall–Kier alpha value is -2.21. The smallest absolute Gasteiger partial charge is 0.244 e. The fraction of sp³-hybridized carbons (Fsp3) is 0.412. The zero-order chi connectivity index (χ0) is 17.9. The van der Waals surface area contributed by atoms with Crippen LogP contribution in [0.4, 0.5) is 5.82 Å². The number of amides is 1. The number of methoxy groups -OCH3 is 1. The third-order valence-corrected chi connectivity index (χ3v) is 3.93. The molecule has 0 radical (unpaired) electrons. The maximum atomic E-state index is 12.7. The number of nitrogens with zero attached hydrogens (tertiary/aromatic N) is 4. The van der Waals surface area contributed by atoms with Crippen molar-refractivity contribution in [2.75, 3.05) is 12.0 Å². The van der Waals surface area contributed by atoms with Gasteiger partial charge in [0.05, 0.1) is 19.1 Å². The second kappa shape index (κ2) is 7.13. The second-order valence-electron chi connectivity index (χ2n) is 5.62. The average molecular weight is 349 g/mol. The molecule has 2 aromatic rings. The summed E-state index contributed by atoms with van der Waals surface area (Å²) in [5.41, 5.74) is 0.759. The molecule has 0 saturated carbocycles. The number of anilines is 1. The number of hydrogen-bond acceptors (Lipinski definition) is 5. The Morgan fingerprint density at radius 2 is 1.79 bits per heavy atom. The van der Waals surface area contributed by atoms with E-state index in [1.807, 2.05) is 52.0 Å². The van der Waals surface area contributed by atoms with Crippen LogP contribution < -0.4 is 9.64 Å². The van der Waals surface area contributed by atoms with Crippen LogP contribution in [-0.2, 0) is 16.8 Å². The van der Waals surface area contributed by atoms with Gasteiger partial charge in [-0.1, -0.05) is 26.0 Å². The molecule has 6 nitrogen and oxygen atoms in total. The van der Waals surface area contributed by atoms with Crippen LogP contribution in [0.3, 0.4) is 0 Å². The SMILES string of the molecule is CC.COc1ccc(CN2C(=O)C(C)(C)c3nnc(Cl)nc32)cc1. The van der Waals surface area contributed by atoms with E-state index < -0.39 is 5.41 Å². The van der Waals surface area contributed by atoms with Crippen LogP contribution in [0.15, 0.2) is 24.3 Å². The molecule has 0 fully saturated rings. The van der Waals surface area contributed by atoms with Gasteiger partial charge in [0.1, 0.15) is 11.4 Å². The summed E-state index contributed by atoms with van der Waals surface area (Å²) in [5, 5.41) is 7.84. The molecule has 1 aromatic carbocycles. The van der Waals surface area contributed by atoms with Crippen molar-refractivity contribution in [2.45, 2.75) is 39.7 Å². The fourth-order valence-electron chi connectivity index (χ4n) is 2.49. The van der Waals surface area contributed by atoms with Gasteiger partial charge in [-0.05, 0) is 43.1 Å². The van der Waals surface area contributed by atoms with Gasteiger partial charge in [0.15, 0.2) is 5.82 Å². The molecule has 0 bridgehead atoms. The van der Waals surface area contributed by atoms with Crippen molar-refractivity contribution in [1.82, 2.24) is 15.2 Å². The van der Waals surface area contributed by atoms with Gasteiger partial charge in [-0.2, -0.15) is 4.98 Å². The molecular weight excluding hydrogens is 328 g/mol. The highest BCUT2D eigenvalue weighted by Gasteiger charge is 2.47. The van der Waals surface area contributed by atoms with E-state index in [0.29, 0.717) is 18.1 Å². The summed E-state index contributed by atoms with van der Waals surface area (Å²) in [5.74, 6) is 1.18. The Morgan fingerprint density at radius 1 is 1.17 bits per heavy atom. The maximum Gasteiger partial charge on any atom is 0.244 e. The second-order valence-corrected chi connectivity index (χ2v) is 5.96. The first kappa shape index (κ1) is 18.1. The number of benzene rings is 1. The number of carbonyl (C=O) groups is 1. The first-order valence-electron chi connectivity index (χ1n) is 7.79. The molecule has 0 saturated heterocycles. The van der Waals surface area contributed by atoms with Gasteiger partial charge in [-0.3, -0.25) is 9.69 Å². The van der Waals surface area contributed by atoms with Gasteiger partial charge >= 0.3 is 0 Å². The third kappa shape index (κ3) is 3.19. The lowest BCUT2D eigenvalue weighted by molar-refractivity contribution is -0.122. The Balaban J connectivity index is 0.00000100. The minimum atomic E-state index is -0.758. The molecular formula is C17H21ClN4O2. The van der Waals surface area contributed by atoms with Gasteiger partial charge < -0.3 is 4.74 Å². The summed E-state index contributed by atoms with van der Waals surface area (Å²) < 4.78 is 5.14. The summed E-state index contributed by atoms with van der Waals surface area (Å²) in [7, 11) is 1.61. The number of fused-ring (bicyclic) bond motifs is 1. The molecule has 0 spiro atoms. The van der Waals surface area contributed by atoms with Crippen molar-refractivity contribution >= 4 is 23.3 Å². The molecule has 7 heteroatoms. The van der Waals surface area contributed by atoms with Crippen molar-refractivity contribution in [3.05, 3.63) is 40.8 Å². The molecule has 0 unspecified atom stereocenters. The number of carbonyl (C=O) groups excluding carboxylic acids is 1. The minimum absolute atomic E-state index is 0.0315. The molecule has 128 valence electrons. The number of hydrogen-bond donors (Lipinski definition) is 0. The van der Waals surface area contributed by atoms with Crippen molar-refractivity contribution in [3.63, 3.8) is 0 Å². The highest BCUT2D eigenvalue weighted by atomic mass is 35.5. The molecule has 1 aliphatic heterocycles. The molecule has 24 heavy (non-hydrogen) atoms. The predicted molar refractivity (Wildman–Crippen MR) is 93.4 cm³/mol. The molecule has 3 rings (SSSR count). The van der Waals surface area contributed by atoms with E-state index >= 15 is 0 Å². The topological polar surface area (TPSA) is 68.2 Å². The van der Waals surface area contributed by atoms with Gasteiger partial charge in [-0.25, -0.2) is 0 Å². The lowest BCUT2D eigenvalue weighted by Gasteiger charge is -2.19. The van der Waals surface area contributed by atoms with Crippen LogP contribution in [-0.4, -0.2) is 28.2 Å². The number of halogens is 1. The summed E-state index contributed by atoms with van der Waals surface area (Å²) >= 11 is 5.83. The van der Waals surface area contributed by atoms with Crippen molar-refractivity contribution in [1.29, 1.82) is 0 Å². The summed E-state index contributed by atoms with van der Waals surface area (Å²) in [6, 6.07) is 7.53. The maximum absolute atomic E-state index is 12.7. The molecule has 2 heterocycles. The van der Waals surface area contributed by atoms with E-state index in [0.717, 1.165) is 11.3 Å². The number of ether oxygens (including phenoxy) is 1. The zero-order valence-electron chi connectivity index (χ0n) is 14.5. The van der Waals surface area contributed by atoms with Crippen molar-refractivity contribution < 1.29 is 9.53 Å². The summed E-state index contributed by atoms with van der Waals surface area (Å²) in [6.07, 6.45) is 0. The number of rotatable bonds is 3. The summed E-state index contributed by atoms with van der Waals surface area (Å²) in [4.78, 5) is 18.5. The van der Waals surface area contributed by atoms with Crippen LogP contribution in [0.2, 0.25) is 5.28 Å². The van der Waals surface area contributed by atoms with E-state index in [1.54, 1.807) is 12.0 Å². The predicted octanol–water partition coefficient (Wildman–Crippen LogP) is 3.38. The van der Waals surface area contributed by atoms with Crippen LogP contribution >= 0.6 is 11.6 Å². The van der Waals surface area contributed by atoms with Crippen LogP contribution in [0.25, 0.3) is 0 Å². The van der Waals surface area contributed by atoms with E-state index in [4.69, 9.17) is 16.3 Å². The summed E-state index contributed by atoms with van der Waals surface area (Å²) in [6.45, 7) is 8.02. The first-order chi connectivity index (χ1) is 11.4. The van der Waals surface area contributed by atoms with Crippen LogP contribution in [0.1, 0.15) is 39.0 Å². The van der Waals surface area contributed by atoms with Crippen LogP contribution in [0.5, 0.6) is 5.75 Å². The number of aromatic nitrogens is 3. The lowest BCUT2D eigenvalue weighted by atomic mass is 9.91. The zero-order valence-corrected chi connectivity index (χ0v) is 15.3. The molecule has 1 amide bonds. The minimum Gasteiger partial charge on any atom is -0.497 e. The molecule has 1 aromatic heterocycles. The standard InChI is InChI=1S/C15H15ClN4O2.C2H6/c1-15(2)11-12(17-14(16)19-18-11)20(13(15)21)8-9-4-6-10(22-3)7-5-9;1-2/h4-7H,8H2,1-3H3;1-2H3. The van der Waals surface area contributed by atoms with Gasteiger partial charge in [-0.15, -0.1) is 10.2 Å². The first-order valence-corrected chi connectivity index (χ1v) is 8.17. The van der Waals surface area contributed by atoms with Gasteiger partial charge in [0.2, 0.25) is 11.2 Å². The molecule has 0 N–H and O–H groups in total. The van der Waals surface area contributed by atoms with E-state index in [-0.39, 0.29) is 11.2 Å². The van der Waals surface area contributed by atoms with Crippen LogP contribution in [0, 0.1) is 0 Å². The van der Waals surface area contributed by atoms with Gasteiger partial charge in [0, 0.05) is 0 Å². The molecule has 0 atom stereocenters. The fourth-order valence-corrected chi connectivity index (χ4v) is 2.60. The Morgan fingerprint density at radius 3 is 2.38 bits per heavy atom. The Labute approximate surface area is 146 Å². The monoisotopic (exact) mass is 348 g/mol. The average Bonchev–Trinajstić information content (AvgIpc) is 2.78. The van der Waals surface area contributed by atoms with E-state index in [2.05, 4.69) is 15.2 Å². The Bertz CT molecular complexity index is 732. The van der Waals surface area contributed by atoms with E-state index in [1.165, 1.54) is 0 Å². The lowest BCUT2D eigenvalue weighted by Crippen LogP contribution is -2.36. The highest BCUT2D eigenvalue weighted by Crippen LogP contribution is 2.39. The van der Waals surface area contributed by atoms with Crippen molar-refractivity contribution in [3.8, 4) is 5.75 Å². The largest absolute Gasteiger partial charge is 0.497 e. The molecule has 0 aliphatic carbocycles. The van der Waals surface area contributed by atoms with Gasteiger partial charge in [0.25, 0.3) is 0 Å². The highest BCUT2D eigenvalue weighted by molar-refractivity contribution is 6.28. The third-order valence-electron chi connectivity index (χ3n) is 3.77. The normalized spacial score (nSPS) is 14.8. The van der Waals surface area contributed by atoms with E-state index in [9.17, 15) is 4.79 Å². The quantitative estimate of drug-likeness (QED) is 0.850. The Kier molecular flexibility index (Phi) is 5.39. The van der Waals surface area contributed by atoms with Crippen molar-refractivity contribution in [2.24, 2.45) is 0 Å². The molecule has 1 aliphatic rings.